The van der Waals surface area contributed by atoms with E-state index in [-0.39, 0.29) is 0 Å². The number of rotatable bonds is 6. The zero-order valence-electron chi connectivity index (χ0n) is 13.6. The van der Waals surface area contributed by atoms with Crippen molar-refractivity contribution in [2.75, 3.05) is 19.6 Å². The molecular weight excluding hydrogens is 248 g/mol. The Morgan fingerprint density at radius 1 is 1.30 bits per heavy atom. The van der Waals surface area contributed by atoms with Crippen molar-refractivity contribution < 1.29 is 4.42 Å². The SMILES string of the molecule is CCNCc1cc(CN2CCC(C)(CC)CC2)c(C)o1. The van der Waals surface area contributed by atoms with Gasteiger partial charge in [0.15, 0.2) is 0 Å². The van der Waals surface area contributed by atoms with Crippen LogP contribution in [0.2, 0.25) is 0 Å². The van der Waals surface area contributed by atoms with Crippen molar-refractivity contribution in [2.45, 2.75) is 60.0 Å². The van der Waals surface area contributed by atoms with E-state index in [1.807, 2.05) is 0 Å². The van der Waals surface area contributed by atoms with Gasteiger partial charge < -0.3 is 9.73 Å². The third-order valence-corrected chi connectivity index (χ3v) is 4.93. The van der Waals surface area contributed by atoms with Gasteiger partial charge in [-0.1, -0.05) is 27.2 Å². The van der Waals surface area contributed by atoms with Crippen LogP contribution in [0.4, 0.5) is 0 Å². The Bertz CT molecular complexity index is 417. The van der Waals surface area contributed by atoms with Crippen LogP contribution in [0.1, 0.15) is 57.1 Å². The largest absolute Gasteiger partial charge is 0.465 e. The van der Waals surface area contributed by atoms with Crippen molar-refractivity contribution in [1.29, 1.82) is 0 Å². The average molecular weight is 278 g/mol. The Hall–Kier alpha value is -0.800. The second-order valence-corrected chi connectivity index (χ2v) is 6.51. The first-order valence-corrected chi connectivity index (χ1v) is 8.07. The Kier molecular flexibility index (Phi) is 5.28. The highest BCUT2D eigenvalue weighted by atomic mass is 16.3. The predicted octanol–water partition coefficient (Wildman–Crippen LogP) is 3.71. The number of hydrogen-bond acceptors (Lipinski definition) is 3. The molecule has 0 aliphatic carbocycles. The van der Waals surface area contributed by atoms with Crippen molar-refractivity contribution in [3.8, 4) is 0 Å². The van der Waals surface area contributed by atoms with Gasteiger partial charge in [0.2, 0.25) is 0 Å². The number of piperidine rings is 1. The van der Waals surface area contributed by atoms with Gasteiger partial charge in [-0.3, -0.25) is 4.90 Å². The van der Waals surface area contributed by atoms with Gasteiger partial charge in [0.05, 0.1) is 6.54 Å². The third kappa shape index (κ3) is 3.86. The molecule has 1 aromatic rings. The van der Waals surface area contributed by atoms with Crippen molar-refractivity contribution in [3.63, 3.8) is 0 Å². The molecule has 0 unspecified atom stereocenters. The van der Waals surface area contributed by atoms with E-state index in [9.17, 15) is 0 Å². The van der Waals surface area contributed by atoms with Gasteiger partial charge in [-0.05, 0) is 50.9 Å². The van der Waals surface area contributed by atoms with Crippen molar-refractivity contribution in [1.82, 2.24) is 10.2 Å². The summed E-state index contributed by atoms with van der Waals surface area (Å²) >= 11 is 0. The lowest BCUT2D eigenvalue weighted by Crippen LogP contribution is -2.37. The monoisotopic (exact) mass is 278 g/mol. The summed E-state index contributed by atoms with van der Waals surface area (Å²) in [6.45, 7) is 14.3. The first-order valence-electron chi connectivity index (χ1n) is 8.07. The lowest BCUT2D eigenvalue weighted by molar-refractivity contribution is 0.109. The molecule has 3 heteroatoms. The van der Waals surface area contributed by atoms with Crippen molar-refractivity contribution in [2.24, 2.45) is 5.41 Å². The number of nitrogens with zero attached hydrogens (tertiary/aromatic N) is 1. The number of nitrogens with one attached hydrogen (secondary N) is 1. The maximum Gasteiger partial charge on any atom is 0.118 e. The van der Waals surface area contributed by atoms with Crippen LogP contribution in [0, 0.1) is 12.3 Å². The van der Waals surface area contributed by atoms with E-state index in [0.717, 1.165) is 31.2 Å². The fourth-order valence-electron chi connectivity index (χ4n) is 2.93. The van der Waals surface area contributed by atoms with Crippen LogP contribution >= 0.6 is 0 Å². The van der Waals surface area contributed by atoms with Crippen LogP contribution in [-0.4, -0.2) is 24.5 Å². The minimum absolute atomic E-state index is 0.568. The lowest BCUT2D eigenvalue weighted by atomic mass is 9.78. The van der Waals surface area contributed by atoms with Gasteiger partial charge in [0, 0.05) is 12.1 Å². The predicted molar refractivity (Wildman–Crippen MR) is 83.7 cm³/mol. The standard InChI is InChI=1S/C17H30N2O/c1-5-17(4)7-9-19(10-8-17)13-15-11-16(12-18-6-2)20-14(15)3/h11,18H,5-10,12-13H2,1-4H3. The minimum atomic E-state index is 0.568. The molecule has 0 radical (unpaired) electrons. The summed E-state index contributed by atoms with van der Waals surface area (Å²) in [5, 5.41) is 3.32. The van der Waals surface area contributed by atoms with Crippen molar-refractivity contribution in [3.05, 3.63) is 23.2 Å². The molecule has 1 aromatic heterocycles. The quantitative estimate of drug-likeness (QED) is 0.860. The molecule has 0 atom stereocenters. The number of likely N-dealkylation sites (tertiary alicyclic amines) is 1. The highest BCUT2D eigenvalue weighted by molar-refractivity contribution is 5.20. The molecule has 2 heterocycles. The average Bonchev–Trinajstić information content (AvgIpc) is 2.80. The van der Waals surface area contributed by atoms with E-state index in [1.165, 1.54) is 37.9 Å². The summed E-state index contributed by atoms with van der Waals surface area (Å²) in [6, 6.07) is 2.23. The molecule has 20 heavy (non-hydrogen) atoms. The van der Waals surface area contributed by atoms with Crippen LogP contribution < -0.4 is 5.32 Å². The molecule has 1 fully saturated rings. The highest BCUT2D eigenvalue weighted by Gasteiger charge is 2.28. The molecule has 0 saturated carbocycles. The van der Waals surface area contributed by atoms with Gasteiger partial charge in [-0.2, -0.15) is 0 Å². The Balaban J connectivity index is 1.89. The normalized spacial score (nSPS) is 19.4. The lowest BCUT2D eigenvalue weighted by Gasteiger charge is -2.38. The van der Waals surface area contributed by atoms with Gasteiger partial charge in [-0.25, -0.2) is 0 Å². The van der Waals surface area contributed by atoms with Crippen LogP contribution in [-0.2, 0) is 13.1 Å². The molecule has 1 N–H and O–H groups in total. The van der Waals surface area contributed by atoms with E-state index in [1.54, 1.807) is 0 Å². The molecule has 0 spiro atoms. The molecule has 1 aliphatic rings. The molecular formula is C17H30N2O. The van der Waals surface area contributed by atoms with Gasteiger partial charge >= 0.3 is 0 Å². The topological polar surface area (TPSA) is 28.4 Å². The molecule has 0 bridgehead atoms. The molecule has 1 aliphatic heterocycles. The van der Waals surface area contributed by atoms with Crippen LogP contribution in [0.15, 0.2) is 10.5 Å². The fraction of sp³-hybridized carbons (Fsp3) is 0.765. The van der Waals surface area contributed by atoms with Gasteiger partial charge in [-0.15, -0.1) is 0 Å². The van der Waals surface area contributed by atoms with Gasteiger partial charge in [0.1, 0.15) is 11.5 Å². The minimum Gasteiger partial charge on any atom is -0.465 e. The molecule has 0 amide bonds. The van der Waals surface area contributed by atoms with Gasteiger partial charge in [0.25, 0.3) is 0 Å². The first kappa shape index (κ1) is 15.6. The number of hydrogen-bond donors (Lipinski definition) is 1. The zero-order valence-corrected chi connectivity index (χ0v) is 13.6. The molecule has 3 nitrogen and oxygen atoms in total. The highest BCUT2D eigenvalue weighted by Crippen LogP contribution is 2.34. The third-order valence-electron chi connectivity index (χ3n) is 4.93. The summed E-state index contributed by atoms with van der Waals surface area (Å²) in [6.07, 6.45) is 3.95. The summed E-state index contributed by atoms with van der Waals surface area (Å²) in [4.78, 5) is 2.58. The second kappa shape index (κ2) is 6.77. The molecule has 0 aromatic carbocycles. The Morgan fingerprint density at radius 2 is 2.00 bits per heavy atom. The van der Waals surface area contributed by atoms with E-state index < -0.39 is 0 Å². The summed E-state index contributed by atoms with van der Waals surface area (Å²) < 4.78 is 5.83. The second-order valence-electron chi connectivity index (χ2n) is 6.51. The van der Waals surface area contributed by atoms with Crippen molar-refractivity contribution >= 4 is 0 Å². The molecule has 2 rings (SSSR count). The zero-order chi connectivity index (χ0) is 14.6. The summed E-state index contributed by atoms with van der Waals surface area (Å²) in [5.41, 5.74) is 1.93. The van der Waals surface area contributed by atoms with E-state index in [0.29, 0.717) is 5.41 Å². The Morgan fingerprint density at radius 3 is 2.60 bits per heavy atom. The van der Waals surface area contributed by atoms with E-state index in [4.69, 9.17) is 4.42 Å². The van der Waals surface area contributed by atoms with E-state index in [2.05, 4.69) is 44.0 Å². The maximum atomic E-state index is 5.83. The smallest absolute Gasteiger partial charge is 0.118 e. The fourth-order valence-corrected chi connectivity index (χ4v) is 2.93. The van der Waals surface area contributed by atoms with Crippen LogP contribution in [0.3, 0.4) is 0 Å². The van der Waals surface area contributed by atoms with Crippen LogP contribution in [0.5, 0.6) is 0 Å². The molecule has 114 valence electrons. The van der Waals surface area contributed by atoms with Crippen LogP contribution in [0.25, 0.3) is 0 Å². The molecule has 1 saturated heterocycles. The first-order chi connectivity index (χ1) is 9.56. The summed E-state index contributed by atoms with van der Waals surface area (Å²) in [5.74, 6) is 2.15. The van der Waals surface area contributed by atoms with E-state index >= 15 is 0 Å². The summed E-state index contributed by atoms with van der Waals surface area (Å²) in [7, 11) is 0. The number of furan rings is 1. The number of aryl methyl sites for hydroxylation is 1. The Labute approximate surface area is 123 Å². The maximum absolute atomic E-state index is 5.83.